The summed E-state index contributed by atoms with van der Waals surface area (Å²) in [5.41, 5.74) is 7.12. The number of hydrogen-bond donors (Lipinski definition) is 3. The van der Waals surface area contributed by atoms with E-state index in [-0.39, 0.29) is 64.6 Å². The van der Waals surface area contributed by atoms with Crippen LogP contribution in [0.1, 0.15) is 86.0 Å². The van der Waals surface area contributed by atoms with E-state index >= 15 is 0 Å². The van der Waals surface area contributed by atoms with Crippen molar-refractivity contribution in [2.24, 2.45) is 11.8 Å². The first-order chi connectivity index (χ1) is 37.5. The summed E-state index contributed by atoms with van der Waals surface area (Å²) in [4.78, 5) is 68.9. The van der Waals surface area contributed by atoms with Crippen LogP contribution in [0, 0.1) is 23.5 Å². The number of benzene rings is 6. The van der Waals surface area contributed by atoms with Crippen LogP contribution >= 0.6 is 0 Å². The summed E-state index contributed by atoms with van der Waals surface area (Å²) in [5.74, 6) is -1.22. The fourth-order valence-corrected chi connectivity index (χ4v) is 11.1. The van der Waals surface area contributed by atoms with E-state index in [0.717, 1.165) is 35.7 Å². The second-order valence-electron chi connectivity index (χ2n) is 21.1. The molecular weight excluding hydrogens is 979 g/mol. The minimum absolute atomic E-state index is 0.00488. The highest BCUT2D eigenvalue weighted by Gasteiger charge is 2.41. The number of carbonyl (C=O) groups excluding carboxylic acids is 3. The summed E-state index contributed by atoms with van der Waals surface area (Å²) >= 11 is 0. The summed E-state index contributed by atoms with van der Waals surface area (Å²) in [6.45, 7) is 3.89. The number of fused-ring (bicyclic) bond motifs is 5. The second-order valence-corrected chi connectivity index (χ2v) is 21.1. The lowest BCUT2D eigenvalue weighted by Gasteiger charge is -2.41. The number of H-pyrrole nitrogens is 2. The number of aromatic nitrogens is 4. The molecule has 16 heteroatoms. The Morgan fingerprint density at radius 2 is 1.06 bits per heavy atom. The Balaban J connectivity index is 0.000000171. The van der Waals surface area contributed by atoms with Crippen LogP contribution in [0.25, 0.3) is 32.7 Å². The van der Waals surface area contributed by atoms with Gasteiger partial charge in [0, 0.05) is 92.7 Å². The molecule has 0 bridgehead atoms. The molecule has 5 aliphatic rings. The van der Waals surface area contributed by atoms with Crippen molar-refractivity contribution < 1.29 is 27.9 Å². The van der Waals surface area contributed by atoms with E-state index in [9.17, 15) is 32.8 Å². The van der Waals surface area contributed by atoms with Gasteiger partial charge in [-0.15, -0.1) is 0 Å². The number of aromatic amines is 2. The molecule has 0 unspecified atom stereocenters. The highest BCUT2D eigenvalue weighted by molar-refractivity contribution is 5.96. The fraction of sp³-hybridized carbons (Fsp3) is 0.295. The summed E-state index contributed by atoms with van der Waals surface area (Å²) in [7, 11) is 0. The van der Waals surface area contributed by atoms with Gasteiger partial charge in [-0.1, -0.05) is 97.1 Å². The monoisotopic (exact) mass is 1030 g/mol. The highest BCUT2D eigenvalue weighted by atomic mass is 19.1. The highest BCUT2D eigenvalue weighted by Crippen LogP contribution is 2.45. The maximum atomic E-state index is 14.9. The normalized spacial score (nSPS) is 16.0. The number of carbonyl (C=O) groups is 3. The quantitative estimate of drug-likeness (QED) is 0.0964. The smallest absolute Gasteiger partial charge is 0.410 e. The Hall–Kier alpha value is -8.37. The van der Waals surface area contributed by atoms with E-state index in [1.165, 1.54) is 47.2 Å². The van der Waals surface area contributed by atoms with E-state index in [0.29, 0.717) is 85.2 Å². The lowest BCUT2D eigenvalue weighted by Crippen LogP contribution is -2.55. The first-order valence-electron chi connectivity index (χ1n) is 26.5. The molecule has 4 heterocycles. The van der Waals surface area contributed by atoms with Gasteiger partial charge >= 0.3 is 6.09 Å². The van der Waals surface area contributed by atoms with E-state index in [2.05, 4.69) is 50.0 Å². The Kier molecular flexibility index (Phi) is 13.5. The molecule has 2 saturated heterocycles. The molecule has 3 amide bonds. The molecule has 77 heavy (non-hydrogen) atoms. The number of ether oxygens (including phenoxy) is 1. The SMILES string of the molecule is O=C(c1cc(Cc2n[nH]c(=O)c3ccccc23)ccc1F)N1CC(CN(C(=O)OCC2c3ccccc3-c3ccccc32)C2CC2)C1.O=C(c1cc(Cc2n[nH]c(=O)c3ccccc23)ccc1F)N1CC(CNC2CC2)C1. The van der Waals surface area contributed by atoms with Gasteiger partial charge in [-0.25, -0.2) is 23.8 Å². The minimum atomic E-state index is -0.584. The molecule has 3 N–H and O–H groups in total. The molecule has 4 fully saturated rings. The van der Waals surface area contributed by atoms with Gasteiger partial charge in [0.1, 0.15) is 18.2 Å². The molecule has 2 aliphatic heterocycles. The zero-order valence-electron chi connectivity index (χ0n) is 42.2. The average molecular weight is 1040 g/mol. The minimum Gasteiger partial charge on any atom is -0.448 e. The third kappa shape index (κ3) is 10.4. The van der Waals surface area contributed by atoms with E-state index in [4.69, 9.17) is 4.74 Å². The molecule has 0 spiro atoms. The standard InChI is InChI=1S/C38H33FN4O4.C23H23FN4O2/c39-34-16-13-23(18-35-30-11-5-6-12-31(30)36(44)41-40-35)17-32(34)37(45)42-19-24(20-42)21-43(25-14-15-25)38(46)47-22-33-28-9-3-1-7-26(28)27-8-2-4-10-29(27)33;24-20-8-5-14(10-21-17-3-1-2-4-18(17)22(29)27-26-21)9-19(20)23(30)28-12-15(13-28)11-25-16-6-7-16/h1-13,16-17,24-25,33H,14-15,18-22H2,(H,41,44);1-5,8-9,15-16,25H,6-7,10-13H2,(H,27,29). The molecule has 14 nitrogen and oxygen atoms in total. The van der Waals surface area contributed by atoms with Crippen molar-refractivity contribution in [3.05, 3.63) is 211 Å². The molecule has 8 aromatic rings. The zero-order valence-corrected chi connectivity index (χ0v) is 42.2. The van der Waals surface area contributed by atoms with Crippen LogP contribution in [-0.4, -0.2) is 111 Å². The summed E-state index contributed by atoms with van der Waals surface area (Å²) in [6, 6.07) is 40.9. The van der Waals surface area contributed by atoms with Gasteiger partial charge in [0.15, 0.2) is 0 Å². The Labute approximate surface area is 442 Å². The topological polar surface area (TPSA) is 174 Å². The number of nitrogens with one attached hydrogen (secondary N) is 3. The maximum absolute atomic E-state index is 14.9. The third-order valence-corrected chi connectivity index (χ3v) is 15.6. The van der Waals surface area contributed by atoms with E-state index < -0.39 is 11.6 Å². The first-order valence-corrected chi connectivity index (χ1v) is 26.5. The molecule has 390 valence electrons. The molecule has 0 atom stereocenters. The zero-order chi connectivity index (χ0) is 52.7. The second kappa shape index (κ2) is 21.0. The molecule has 0 radical (unpaired) electrons. The van der Waals surface area contributed by atoms with Crippen LogP contribution in [0.3, 0.4) is 0 Å². The van der Waals surface area contributed by atoms with Crippen LogP contribution in [0.15, 0.2) is 143 Å². The Morgan fingerprint density at radius 1 is 0.597 bits per heavy atom. The van der Waals surface area contributed by atoms with Gasteiger partial charge in [-0.2, -0.15) is 10.2 Å². The van der Waals surface area contributed by atoms with Crippen LogP contribution < -0.4 is 16.4 Å². The van der Waals surface area contributed by atoms with Crippen molar-refractivity contribution in [3.63, 3.8) is 0 Å². The fourth-order valence-electron chi connectivity index (χ4n) is 11.1. The summed E-state index contributed by atoms with van der Waals surface area (Å²) in [5, 5.41) is 19.5. The lowest BCUT2D eigenvalue weighted by molar-refractivity contribution is 0.0366. The van der Waals surface area contributed by atoms with Crippen LogP contribution in [0.2, 0.25) is 0 Å². The van der Waals surface area contributed by atoms with Crippen LogP contribution in [0.4, 0.5) is 13.6 Å². The number of rotatable bonds is 14. The third-order valence-electron chi connectivity index (χ3n) is 15.6. The van der Waals surface area contributed by atoms with Gasteiger partial charge in [0.25, 0.3) is 22.9 Å². The largest absolute Gasteiger partial charge is 0.448 e. The number of likely N-dealkylation sites (tertiary alicyclic amines) is 2. The Morgan fingerprint density at radius 3 is 1.56 bits per heavy atom. The van der Waals surface area contributed by atoms with Crippen LogP contribution in [-0.2, 0) is 17.6 Å². The summed E-state index contributed by atoms with van der Waals surface area (Å²) < 4.78 is 35.3. The average Bonchev–Trinajstić information content (AvgIpc) is 4.44. The van der Waals surface area contributed by atoms with Gasteiger partial charge in [0.2, 0.25) is 0 Å². The van der Waals surface area contributed by atoms with Crippen molar-refractivity contribution in [3.8, 4) is 11.1 Å². The van der Waals surface area contributed by atoms with Crippen molar-refractivity contribution >= 4 is 39.5 Å². The van der Waals surface area contributed by atoms with Crippen molar-refractivity contribution in [1.29, 1.82) is 0 Å². The number of halogens is 2. The van der Waals surface area contributed by atoms with Crippen molar-refractivity contribution in [2.45, 2.75) is 56.5 Å². The van der Waals surface area contributed by atoms with Gasteiger partial charge in [-0.05, 0) is 95.5 Å². The number of amides is 3. The molecule has 3 aliphatic carbocycles. The van der Waals surface area contributed by atoms with Gasteiger partial charge in [0.05, 0.1) is 33.3 Å². The number of hydrogen-bond acceptors (Lipinski definition) is 9. The first kappa shape index (κ1) is 49.5. The van der Waals surface area contributed by atoms with Crippen LogP contribution in [0.5, 0.6) is 0 Å². The lowest BCUT2D eigenvalue weighted by atomic mass is 9.96. The molecule has 2 aromatic heterocycles. The van der Waals surface area contributed by atoms with E-state index in [1.54, 1.807) is 58.3 Å². The molecule has 13 rings (SSSR count). The van der Waals surface area contributed by atoms with Gasteiger partial charge < -0.3 is 24.8 Å². The molecular formula is C61H56F2N8O6. The summed E-state index contributed by atoms with van der Waals surface area (Å²) in [6.07, 6.45) is 4.78. The molecule has 2 saturated carbocycles. The number of nitrogens with zero attached hydrogens (tertiary/aromatic N) is 5. The van der Waals surface area contributed by atoms with Crippen molar-refractivity contribution in [2.75, 3.05) is 45.9 Å². The van der Waals surface area contributed by atoms with Crippen molar-refractivity contribution in [1.82, 2.24) is 40.4 Å². The Bertz CT molecular complexity index is 3670. The predicted octanol–water partition coefficient (Wildman–Crippen LogP) is 8.62. The maximum Gasteiger partial charge on any atom is 0.410 e. The van der Waals surface area contributed by atoms with Gasteiger partial charge in [-0.3, -0.25) is 19.2 Å². The van der Waals surface area contributed by atoms with E-state index in [1.807, 2.05) is 53.4 Å². The predicted molar refractivity (Wildman–Crippen MR) is 288 cm³/mol. The molecule has 6 aromatic carbocycles.